The number of fused-ring (bicyclic) bond motifs is 1. The van der Waals surface area contributed by atoms with Crippen LogP contribution in [0.15, 0.2) is 70.1 Å². The minimum absolute atomic E-state index is 0.421. The Bertz CT molecular complexity index is 1080. The third-order valence-electron chi connectivity index (χ3n) is 4.87. The number of thioether (sulfide) groups is 1. The van der Waals surface area contributed by atoms with Crippen LogP contribution in [0.2, 0.25) is 0 Å². The monoisotopic (exact) mass is 470 g/mol. The van der Waals surface area contributed by atoms with Gasteiger partial charge in [-0.1, -0.05) is 24.3 Å². The van der Waals surface area contributed by atoms with Crippen molar-refractivity contribution in [1.82, 2.24) is 0 Å². The largest absolute Gasteiger partial charge is 0.147 e. The van der Waals surface area contributed by atoms with E-state index in [2.05, 4.69) is 81.8 Å². The van der Waals surface area contributed by atoms with Gasteiger partial charge in [-0.25, -0.2) is 0 Å². The normalized spacial score (nSPS) is 18.6. The first-order valence-electron chi connectivity index (χ1n) is 8.87. The van der Waals surface area contributed by atoms with Gasteiger partial charge in [0.1, 0.15) is 0 Å². The van der Waals surface area contributed by atoms with E-state index in [1.807, 2.05) is 56.7 Å². The van der Waals surface area contributed by atoms with Gasteiger partial charge in [0.25, 0.3) is 0 Å². The molecular formula is C22H14S6. The zero-order chi connectivity index (χ0) is 18.5. The Morgan fingerprint density at radius 3 is 1.39 bits per heavy atom. The van der Waals surface area contributed by atoms with Crippen molar-refractivity contribution in [3.8, 4) is 19.5 Å². The highest BCUT2D eigenvalue weighted by atomic mass is 32.2. The minimum atomic E-state index is 0.421. The van der Waals surface area contributed by atoms with Crippen LogP contribution in [-0.4, -0.2) is 0 Å². The molecule has 2 atom stereocenters. The Kier molecular flexibility index (Phi) is 4.59. The van der Waals surface area contributed by atoms with Crippen LogP contribution < -0.4 is 0 Å². The van der Waals surface area contributed by atoms with E-state index in [0.29, 0.717) is 10.5 Å². The number of thiophene rings is 5. The third-order valence-corrected chi connectivity index (χ3v) is 11.9. The summed E-state index contributed by atoms with van der Waals surface area (Å²) in [5.74, 6) is 0. The lowest BCUT2D eigenvalue weighted by molar-refractivity contribution is 1.20. The molecule has 5 aromatic rings. The van der Waals surface area contributed by atoms with Gasteiger partial charge in [0.05, 0.1) is 10.5 Å². The molecule has 6 heterocycles. The summed E-state index contributed by atoms with van der Waals surface area (Å²) >= 11 is 11.6. The van der Waals surface area contributed by atoms with Gasteiger partial charge >= 0.3 is 0 Å². The third kappa shape index (κ3) is 2.82. The van der Waals surface area contributed by atoms with E-state index in [1.54, 1.807) is 11.1 Å². The molecule has 1 aliphatic heterocycles. The van der Waals surface area contributed by atoms with Crippen molar-refractivity contribution in [1.29, 1.82) is 0 Å². The molecule has 0 bridgehead atoms. The molecule has 6 heteroatoms. The molecule has 0 spiro atoms. The van der Waals surface area contributed by atoms with Crippen LogP contribution >= 0.6 is 68.4 Å². The summed E-state index contributed by atoms with van der Waals surface area (Å²) in [7, 11) is 0. The second kappa shape index (κ2) is 7.27. The van der Waals surface area contributed by atoms with Crippen molar-refractivity contribution in [3.05, 3.63) is 90.9 Å². The van der Waals surface area contributed by atoms with E-state index in [0.717, 1.165) is 0 Å². The Morgan fingerprint density at radius 2 is 1.00 bits per heavy atom. The lowest BCUT2D eigenvalue weighted by atomic mass is 9.99. The van der Waals surface area contributed by atoms with Crippen LogP contribution in [0.5, 0.6) is 0 Å². The summed E-state index contributed by atoms with van der Waals surface area (Å²) in [5.41, 5.74) is 3.11. The van der Waals surface area contributed by atoms with Crippen molar-refractivity contribution >= 4 is 68.4 Å². The predicted molar refractivity (Wildman–Crippen MR) is 131 cm³/mol. The average Bonchev–Trinajstić information content (AvgIpc) is 3.56. The predicted octanol–water partition coefficient (Wildman–Crippen LogP) is 9.25. The average molecular weight is 471 g/mol. The smallest absolute Gasteiger partial charge is 0.0668 e. The van der Waals surface area contributed by atoms with E-state index in [1.165, 1.54) is 29.3 Å². The SMILES string of the molecule is c1csc(-c2sc(-c3cccs3)c3c2C(c2cccs2)SC3c2cccs2)c1. The topological polar surface area (TPSA) is 0 Å². The molecule has 0 radical (unpaired) electrons. The minimum Gasteiger partial charge on any atom is -0.147 e. The number of hydrogen-bond donors (Lipinski definition) is 0. The molecule has 0 saturated carbocycles. The maximum absolute atomic E-state index is 2.31. The first-order valence-corrected chi connectivity index (χ1v) is 14.1. The molecule has 0 nitrogen and oxygen atoms in total. The fourth-order valence-corrected chi connectivity index (χ4v) is 10.5. The molecule has 2 unspecified atom stereocenters. The molecule has 5 aromatic heterocycles. The standard InChI is InChI=1S/C22H14S6/c1-5-13(23-9-1)19-17-18(21(27-19)15-7-3-11-25-15)22(16-8-4-12-26-16)28-20(17)14-6-2-10-24-14/h1-12,19,21H. The first-order chi connectivity index (χ1) is 13.9. The van der Waals surface area contributed by atoms with Gasteiger partial charge in [0, 0.05) is 29.3 Å². The summed E-state index contributed by atoms with van der Waals surface area (Å²) in [6, 6.07) is 17.9. The zero-order valence-electron chi connectivity index (χ0n) is 14.5. The van der Waals surface area contributed by atoms with Crippen LogP contribution in [0.3, 0.4) is 0 Å². The second-order valence-electron chi connectivity index (χ2n) is 6.47. The maximum Gasteiger partial charge on any atom is 0.0668 e. The summed E-state index contributed by atoms with van der Waals surface area (Å²) < 4.78 is 0. The summed E-state index contributed by atoms with van der Waals surface area (Å²) in [5, 5.41) is 9.67. The second-order valence-corrected chi connectivity index (χ2v) is 12.6. The van der Waals surface area contributed by atoms with E-state index in [-0.39, 0.29) is 0 Å². The van der Waals surface area contributed by atoms with Gasteiger partial charge in [-0.3, -0.25) is 0 Å². The first kappa shape index (κ1) is 17.7. The fraction of sp³-hybridized carbons (Fsp3) is 0.0909. The number of hydrogen-bond acceptors (Lipinski definition) is 6. The molecule has 138 valence electrons. The van der Waals surface area contributed by atoms with Gasteiger partial charge in [-0.15, -0.1) is 68.4 Å². The highest BCUT2D eigenvalue weighted by molar-refractivity contribution is 8.00. The van der Waals surface area contributed by atoms with Gasteiger partial charge in [-0.2, -0.15) is 0 Å². The van der Waals surface area contributed by atoms with Crippen molar-refractivity contribution in [3.63, 3.8) is 0 Å². The Labute approximate surface area is 188 Å². The van der Waals surface area contributed by atoms with Gasteiger partial charge in [0.2, 0.25) is 0 Å². The van der Waals surface area contributed by atoms with Crippen LogP contribution in [0.1, 0.15) is 31.4 Å². The van der Waals surface area contributed by atoms with Crippen molar-refractivity contribution < 1.29 is 0 Å². The summed E-state index contributed by atoms with van der Waals surface area (Å²) in [6.07, 6.45) is 0. The Balaban J connectivity index is 1.64. The van der Waals surface area contributed by atoms with E-state index in [9.17, 15) is 0 Å². The van der Waals surface area contributed by atoms with Gasteiger partial charge < -0.3 is 0 Å². The van der Waals surface area contributed by atoms with E-state index in [4.69, 9.17) is 0 Å². The van der Waals surface area contributed by atoms with Crippen molar-refractivity contribution in [2.75, 3.05) is 0 Å². The van der Waals surface area contributed by atoms with Crippen LogP contribution in [0.4, 0.5) is 0 Å². The number of rotatable bonds is 4. The lowest BCUT2D eigenvalue weighted by Gasteiger charge is -2.12. The quantitative estimate of drug-likeness (QED) is 0.252. The summed E-state index contributed by atoms with van der Waals surface area (Å²) in [6.45, 7) is 0. The van der Waals surface area contributed by atoms with Gasteiger partial charge in [-0.05, 0) is 56.9 Å². The molecule has 28 heavy (non-hydrogen) atoms. The highest BCUT2D eigenvalue weighted by Crippen LogP contribution is 2.65. The van der Waals surface area contributed by atoms with E-state index >= 15 is 0 Å². The van der Waals surface area contributed by atoms with Gasteiger partial charge in [0.15, 0.2) is 0 Å². The van der Waals surface area contributed by atoms with Crippen molar-refractivity contribution in [2.45, 2.75) is 10.5 Å². The zero-order valence-corrected chi connectivity index (χ0v) is 19.4. The van der Waals surface area contributed by atoms with Crippen LogP contribution in [-0.2, 0) is 0 Å². The van der Waals surface area contributed by atoms with Crippen LogP contribution in [0.25, 0.3) is 19.5 Å². The molecule has 0 N–H and O–H groups in total. The molecule has 0 fully saturated rings. The Morgan fingerprint density at radius 1 is 0.536 bits per heavy atom. The molecule has 0 saturated heterocycles. The van der Waals surface area contributed by atoms with Crippen LogP contribution in [0, 0.1) is 0 Å². The van der Waals surface area contributed by atoms with Crippen molar-refractivity contribution in [2.24, 2.45) is 0 Å². The molecule has 0 amide bonds. The molecular weight excluding hydrogens is 457 g/mol. The lowest BCUT2D eigenvalue weighted by Crippen LogP contribution is -1.90. The summed E-state index contributed by atoms with van der Waals surface area (Å²) in [4.78, 5) is 8.69. The molecule has 6 rings (SSSR count). The van der Waals surface area contributed by atoms with E-state index < -0.39 is 0 Å². The highest BCUT2D eigenvalue weighted by Gasteiger charge is 2.41. The molecule has 0 aromatic carbocycles. The fourth-order valence-electron chi connectivity index (χ4n) is 3.73. The Hall–Kier alpha value is -1.15. The molecule has 1 aliphatic rings. The molecule has 0 aliphatic carbocycles. The maximum atomic E-state index is 2.31.